The van der Waals surface area contributed by atoms with Gasteiger partial charge in [0.2, 0.25) is 0 Å². The van der Waals surface area contributed by atoms with Crippen LogP contribution in [0.2, 0.25) is 0 Å². The molecule has 4 rings (SSSR count). The maximum absolute atomic E-state index is 4.62. The Labute approximate surface area is 133 Å². The molecular formula is C16H17N5S. The first kappa shape index (κ1) is 13.7. The Balaban J connectivity index is 1.55. The minimum absolute atomic E-state index is 0.870. The fourth-order valence-corrected chi connectivity index (χ4v) is 3.30. The number of hydrogen-bond acceptors (Lipinski definition) is 5. The molecule has 1 aliphatic rings. The van der Waals surface area contributed by atoms with Gasteiger partial charge in [0.15, 0.2) is 5.16 Å². The van der Waals surface area contributed by atoms with Gasteiger partial charge < -0.3 is 0 Å². The van der Waals surface area contributed by atoms with Crippen LogP contribution in [0, 0.1) is 0 Å². The maximum atomic E-state index is 4.62. The lowest BCUT2D eigenvalue weighted by Gasteiger charge is -2.27. The van der Waals surface area contributed by atoms with E-state index in [2.05, 4.69) is 32.1 Å². The number of pyridine rings is 1. The summed E-state index contributed by atoms with van der Waals surface area (Å²) in [7, 11) is 0. The highest BCUT2D eigenvalue weighted by atomic mass is 32.2. The molecule has 22 heavy (non-hydrogen) atoms. The van der Waals surface area contributed by atoms with Crippen LogP contribution < -0.4 is 0 Å². The quantitative estimate of drug-likeness (QED) is 0.549. The van der Waals surface area contributed by atoms with Crippen LogP contribution in [0.5, 0.6) is 0 Å². The molecular weight excluding hydrogens is 294 g/mol. The average Bonchev–Trinajstić information content (AvgIpc) is 2.97. The SMILES string of the molecule is CSc1ncc2c(n1)CCN(Cc1cnn3ccccc13)C2. The first-order valence-corrected chi connectivity index (χ1v) is 8.58. The van der Waals surface area contributed by atoms with Gasteiger partial charge in [-0.1, -0.05) is 17.8 Å². The van der Waals surface area contributed by atoms with Gasteiger partial charge in [-0.15, -0.1) is 0 Å². The molecule has 0 aromatic carbocycles. The first-order chi connectivity index (χ1) is 10.8. The van der Waals surface area contributed by atoms with Crippen molar-refractivity contribution in [3.8, 4) is 0 Å². The molecule has 0 N–H and O–H groups in total. The second-order valence-electron chi connectivity index (χ2n) is 5.49. The molecule has 0 amide bonds. The van der Waals surface area contributed by atoms with Crippen LogP contribution in [0.3, 0.4) is 0 Å². The maximum Gasteiger partial charge on any atom is 0.187 e. The van der Waals surface area contributed by atoms with Gasteiger partial charge in [0.1, 0.15) is 0 Å². The molecule has 3 aromatic heterocycles. The predicted molar refractivity (Wildman–Crippen MR) is 86.8 cm³/mol. The molecule has 0 unspecified atom stereocenters. The molecule has 5 nitrogen and oxygen atoms in total. The van der Waals surface area contributed by atoms with Crippen LogP contribution in [-0.4, -0.2) is 37.3 Å². The van der Waals surface area contributed by atoms with Crippen LogP contribution in [0.4, 0.5) is 0 Å². The molecule has 0 bridgehead atoms. The summed E-state index contributed by atoms with van der Waals surface area (Å²) < 4.78 is 1.93. The summed E-state index contributed by atoms with van der Waals surface area (Å²) in [6.45, 7) is 2.85. The summed E-state index contributed by atoms with van der Waals surface area (Å²) in [6.07, 6.45) is 8.95. The molecule has 0 atom stereocenters. The second-order valence-corrected chi connectivity index (χ2v) is 6.26. The first-order valence-electron chi connectivity index (χ1n) is 7.36. The number of aromatic nitrogens is 4. The topological polar surface area (TPSA) is 46.3 Å². The van der Waals surface area contributed by atoms with Crippen LogP contribution >= 0.6 is 11.8 Å². The van der Waals surface area contributed by atoms with Crippen LogP contribution in [0.1, 0.15) is 16.8 Å². The van der Waals surface area contributed by atoms with Crippen molar-refractivity contribution >= 4 is 17.3 Å². The monoisotopic (exact) mass is 311 g/mol. The lowest BCUT2D eigenvalue weighted by Crippen LogP contribution is -2.30. The molecule has 0 saturated carbocycles. The summed E-state index contributed by atoms with van der Waals surface area (Å²) in [5.41, 5.74) is 4.91. The number of nitrogens with zero attached hydrogens (tertiary/aromatic N) is 5. The van der Waals surface area contributed by atoms with Gasteiger partial charge in [-0.3, -0.25) is 4.90 Å². The summed E-state index contributed by atoms with van der Waals surface area (Å²) in [4.78, 5) is 11.5. The highest BCUT2D eigenvalue weighted by Gasteiger charge is 2.19. The third kappa shape index (κ3) is 2.48. The van der Waals surface area contributed by atoms with Gasteiger partial charge in [-0.2, -0.15) is 5.10 Å². The van der Waals surface area contributed by atoms with E-state index < -0.39 is 0 Å². The Bertz CT molecular complexity index is 813. The second kappa shape index (κ2) is 5.70. The fourth-order valence-electron chi connectivity index (χ4n) is 2.94. The highest BCUT2D eigenvalue weighted by molar-refractivity contribution is 7.98. The third-order valence-corrected chi connectivity index (χ3v) is 4.64. The molecule has 0 saturated heterocycles. The van der Waals surface area contributed by atoms with Crippen molar-refractivity contribution in [3.63, 3.8) is 0 Å². The molecule has 112 valence electrons. The van der Waals surface area contributed by atoms with E-state index in [0.29, 0.717) is 0 Å². The van der Waals surface area contributed by atoms with E-state index in [-0.39, 0.29) is 0 Å². The summed E-state index contributed by atoms with van der Waals surface area (Å²) in [5, 5.41) is 5.28. The van der Waals surface area contributed by atoms with Gasteiger partial charge in [0, 0.05) is 49.6 Å². The van der Waals surface area contributed by atoms with Gasteiger partial charge in [-0.05, 0) is 18.4 Å². The van der Waals surface area contributed by atoms with Crippen molar-refractivity contribution in [2.45, 2.75) is 24.7 Å². The highest BCUT2D eigenvalue weighted by Crippen LogP contribution is 2.21. The number of fused-ring (bicyclic) bond motifs is 2. The number of thioether (sulfide) groups is 1. The van der Waals surface area contributed by atoms with E-state index in [0.717, 1.165) is 31.2 Å². The average molecular weight is 311 g/mol. The fraction of sp³-hybridized carbons (Fsp3) is 0.312. The Morgan fingerprint density at radius 1 is 1.27 bits per heavy atom. The standard InChI is InChI=1S/C16H17N5S/c1-22-16-17-8-12-10-20(7-5-14(12)19-16)11-13-9-18-21-6-3-2-4-15(13)21/h2-4,6,8-9H,5,7,10-11H2,1H3. The Morgan fingerprint density at radius 3 is 3.14 bits per heavy atom. The molecule has 1 aliphatic heterocycles. The predicted octanol–water partition coefficient (Wildman–Crippen LogP) is 2.40. The summed E-state index contributed by atoms with van der Waals surface area (Å²) in [6, 6.07) is 6.18. The molecule has 6 heteroatoms. The third-order valence-electron chi connectivity index (χ3n) is 4.07. The smallest absolute Gasteiger partial charge is 0.187 e. The Hall–Kier alpha value is -1.92. The van der Waals surface area contributed by atoms with E-state index in [1.54, 1.807) is 11.8 Å². The van der Waals surface area contributed by atoms with Crippen LogP contribution in [0.15, 0.2) is 41.9 Å². The lowest BCUT2D eigenvalue weighted by molar-refractivity contribution is 0.243. The summed E-state index contributed by atoms with van der Waals surface area (Å²) in [5.74, 6) is 0. The van der Waals surface area contributed by atoms with Gasteiger partial charge >= 0.3 is 0 Å². The van der Waals surface area contributed by atoms with E-state index >= 15 is 0 Å². The minimum Gasteiger partial charge on any atom is -0.294 e. The zero-order valence-electron chi connectivity index (χ0n) is 12.4. The van der Waals surface area contributed by atoms with Gasteiger partial charge in [-0.25, -0.2) is 14.5 Å². The van der Waals surface area contributed by atoms with Crippen molar-refractivity contribution in [2.24, 2.45) is 0 Å². The molecule has 0 radical (unpaired) electrons. The number of rotatable bonds is 3. The largest absolute Gasteiger partial charge is 0.294 e. The van der Waals surface area contributed by atoms with Crippen molar-refractivity contribution < 1.29 is 0 Å². The molecule has 3 aromatic rings. The van der Waals surface area contributed by atoms with Gasteiger partial charge in [0.05, 0.1) is 17.4 Å². The van der Waals surface area contributed by atoms with E-state index in [4.69, 9.17) is 0 Å². The van der Waals surface area contributed by atoms with E-state index in [1.807, 2.05) is 35.4 Å². The zero-order chi connectivity index (χ0) is 14.9. The van der Waals surface area contributed by atoms with E-state index in [1.165, 1.54) is 22.3 Å². The summed E-state index contributed by atoms with van der Waals surface area (Å²) >= 11 is 1.60. The van der Waals surface area contributed by atoms with Crippen molar-refractivity contribution in [3.05, 3.63) is 53.6 Å². The van der Waals surface area contributed by atoms with Crippen LogP contribution in [-0.2, 0) is 19.5 Å². The van der Waals surface area contributed by atoms with Crippen molar-refractivity contribution in [1.29, 1.82) is 0 Å². The normalized spacial score (nSPS) is 15.1. The Kier molecular flexibility index (Phi) is 3.56. The minimum atomic E-state index is 0.870. The molecule has 4 heterocycles. The Morgan fingerprint density at radius 2 is 2.23 bits per heavy atom. The zero-order valence-corrected chi connectivity index (χ0v) is 13.3. The van der Waals surface area contributed by atoms with Crippen LogP contribution in [0.25, 0.3) is 5.52 Å². The lowest BCUT2D eigenvalue weighted by atomic mass is 10.1. The number of hydrogen-bond donors (Lipinski definition) is 0. The van der Waals surface area contributed by atoms with E-state index in [9.17, 15) is 0 Å². The van der Waals surface area contributed by atoms with Gasteiger partial charge in [0.25, 0.3) is 0 Å². The van der Waals surface area contributed by atoms with Crippen molar-refractivity contribution in [2.75, 3.05) is 12.8 Å². The molecule has 0 aliphatic carbocycles. The molecule has 0 fully saturated rings. The van der Waals surface area contributed by atoms with Crippen molar-refractivity contribution in [1.82, 2.24) is 24.5 Å². The molecule has 0 spiro atoms.